The molecule has 0 aromatic heterocycles. The number of amides is 1. The fourth-order valence-electron chi connectivity index (χ4n) is 1.69. The maximum atomic E-state index is 11.6. The Morgan fingerprint density at radius 2 is 1.63 bits per heavy atom. The molecule has 1 N–H and O–H groups in total. The van der Waals surface area contributed by atoms with Crippen molar-refractivity contribution in [1.82, 2.24) is 5.32 Å². The van der Waals surface area contributed by atoms with Gasteiger partial charge in [-0.1, -0.05) is 41.0 Å². The number of rotatable bonds is 9. The molecule has 0 aliphatic rings. The first-order chi connectivity index (χ1) is 8.72. The summed E-state index contributed by atoms with van der Waals surface area (Å²) in [6, 6.07) is 0. The van der Waals surface area contributed by atoms with Gasteiger partial charge in [-0.25, -0.2) is 0 Å². The quantitative estimate of drug-likeness (QED) is 0.648. The van der Waals surface area contributed by atoms with E-state index in [9.17, 15) is 9.59 Å². The molecule has 0 aromatic rings. The van der Waals surface area contributed by atoms with Crippen molar-refractivity contribution in [3.05, 3.63) is 0 Å². The molecule has 1 amide bonds. The fourth-order valence-corrected chi connectivity index (χ4v) is 1.69. The summed E-state index contributed by atoms with van der Waals surface area (Å²) in [6.07, 6.45) is 5.12. The summed E-state index contributed by atoms with van der Waals surface area (Å²) >= 11 is 0. The van der Waals surface area contributed by atoms with E-state index in [0.29, 0.717) is 18.6 Å². The van der Waals surface area contributed by atoms with Crippen LogP contribution in [0.25, 0.3) is 0 Å². The summed E-state index contributed by atoms with van der Waals surface area (Å²) in [6.45, 7) is 11.1. The van der Waals surface area contributed by atoms with Crippen molar-refractivity contribution in [1.29, 1.82) is 0 Å². The standard InChI is InChI=1S/C16H31NO2/c1-13(2)14(18)9-7-6-8-12-17-15(19)10-11-16(3,4)5/h13H,6-12H2,1-5H3,(H,17,19). The molecule has 0 spiro atoms. The Bertz CT molecular complexity index is 277. The zero-order valence-corrected chi connectivity index (χ0v) is 13.3. The van der Waals surface area contributed by atoms with Gasteiger partial charge in [0.15, 0.2) is 0 Å². The predicted molar refractivity (Wildman–Crippen MR) is 80.0 cm³/mol. The number of Topliss-reactive ketones (excluding diaryl/α,β-unsaturated/α-hetero) is 1. The molecule has 0 heterocycles. The van der Waals surface area contributed by atoms with Crippen LogP contribution in [-0.2, 0) is 9.59 Å². The molecule has 112 valence electrons. The number of carbonyl (C=O) groups excluding carboxylic acids is 2. The van der Waals surface area contributed by atoms with Gasteiger partial charge in [0.2, 0.25) is 5.91 Å². The average molecular weight is 269 g/mol. The van der Waals surface area contributed by atoms with Crippen LogP contribution in [0.15, 0.2) is 0 Å². The van der Waals surface area contributed by atoms with Gasteiger partial charge in [0.1, 0.15) is 5.78 Å². The molecule has 0 unspecified atom stereocenters. The molecule has 0 saturated heterocycles. The van der Waals surface area contributed by atoms with E-state index in [4.69, 9.17) is 0 Å². The van der Waals surface area contributed by atoms with Gasteiger partial charge in [0, 0.05) is 25.3 Å². The van der Waals surface area contributed by atoms with Gasteiger partial charge in [-0.05, 0) is 24.7 Å². The van der Waals surface area contributed by atoms with Crippen LogP contribution >= 0.6 is 0 Å². The van der Waals surface area contributed by atoms with Crippen LogP contribution < -0.4 is 5.32 Å². The highest BCUT2D eigenvalue weighted by atomic mass is 16.1. The minimum Gasteiger partial charge on any atom is -0.356 e. The van der Waals surface area contributed by atoms with Gasteiger partial charge in [-0.15, -0.1) is 0 Å². The summed E-state index contributed by atoms with van der Waals surface area (Å²) in [4.78, 5) is 22.9. The molecular formula is C16H31NO2. The van der Waals surface area contributed by atoms with Gasteiger partial charge < -0.3 is 5.32 Å². The van der Waals surface area contributed by atoms with E-state index in [-0.39, 0.29) is 17.2 Å². The van der Waals surface area contributed by atoms with Crippen molar-refractivity contribution >= 4 is 11.7 Å². The Hall–Kier alpha value is -0.860. The summed E-state index contributed by atoms with van der Waals surface area (Å²) in [7, 11) is 0. The van der Waals surface area contributed by atoms with Gasteiger partial charge >= 0.3 is 0 Å². The number of ketones is 1. The lowest BCUT2D eigenvalue weighted by atomic mass is 9.90. The number of carbonyl (C=O) groups is 2. The van der Waals surface area contributed by atoms with Crippen molar-refractivity contribution in [3.8, 4) is 0 Å². The molecule has 0 aliphatic carbocycles. The van der Waals surface area contributed by atoms with Crippen LogP contribution in [0, 0.1) is 11.3 Å². The van der Waals surface area contributed by atoms with Gasteiger partial charge in [0.25, 0.3) is 0 Å². The van der Waals surface area contributed by atoms with E-state index < -0.39 is 0 Å². The molecule has 0 aliphatic heterocycles. The van der Waals surface area contributed by atoms with Crippen LogP contribution in [0.2, 0.25) is 0 Å². The van der Waals surface area contributed by atoms with Crippen LogP contribution in [0.5, 0.6) is 0 Å². The molecule has 0 rings (SSSR count). The number of unbranched alkanes of at least 4 members (excludes halogenated alkanes) is 2. The van der Waals surface area contributed by atoms with E-state index in [1.807, 2.05) is 13.8 Å². The van der Waals surface area contributed by atoms with E-state index >= 15 is 0 Å². The van der Waals surface area contributed by atoms with Crippen molar-refractivity contribution in [2.24, 2.45) is 11.3 Å². The minimum absolute atomic E-state index is 0.146. The van der Waals surface area contributed by atoms with Gasteiger partial charge in [-0.2, -0.15) is 0 Å². The summed E-state index contributed by atoms with van der Waals surface area (Å²) in [5.41, 5.74) is 0.217. The molecule has 19 heavy (non-hydrogen) atoms. The van der Waals surface area contributed by atoms with Gasteiger partial charge in [0.05, 0.1) is 0 Å². The fraction of sp³-hybridized carbons (Fsp3) is 0.875. The van der Waals surface area contributed by atoms with Crippen LogP contribution in [0.1, 0.15) is 73.1 Å². The first-order valence-electron chi connectivity index (χ1n) is 7.52. The third kappa shape index (κ3) is 11.9. The van der Waals surface area contributed by atoms with Crippen molar-refractivity contribution < 1.29 is 9.59 Å². The highest BCUT2D eigenvalue weighted by Gasteiger charge is 2.12. The van der Waals surface area contributed by atoms with Crippen molar-refractivity contribution in [2.45, 2.75) is 73.1 Å². The molecule has 0 aromatic carbocycles. The van der Waals surface area contributed by atoms with E-state index in [1.165, 1.54) is 0 Å². The van der Waals surface area contributed by atoms with E-state index in [0.717, 1.165) is 32.2 Å². The second-order valence-corrected chi connectivity index (χ2v) is 6.84. The highest BCUT2D eigenvalue weighted by Crippen LogP contribution is 2.20. The van der Waals surface area contributed by atoms with Crippen molar-refractivity contribution in [2.75, 3.05) is 6.54 Å². The lowest BCUT2D eigenvalue weighted by molar-refractivity contribution is -0.122. The zero-order valence-electron chi connectivity index (χ0n) is 13.3. The number of hydrogen-bond acceptors (Lipinski definition) is 2. The maximum Gasteiger partial charge on any atom is 0.220 e. The molecule has 0 fully saturated rings. The Balaban J connectivity index is 3.44. The first-order valence-corrected chi connectivity index (χ1v) is 7.52. The predicted octanol–water partition coefficient (Wildman–Crippen LogP) is 3.71. The summed E-state index contributed by atoms with van der Waals surface area (Å²) in [5, 5.41) is 2.94. The largest absolute Gasteiger partial charge is 0.356 e. The van der Waals surface area contributed by atoms with E-state index in [2.05, 4.69) is 26.1 Å². The molecule has 3 heteroatoms. The Morgan fingerprint density at radius 3 is 2.16 bits per heavy atom. The number of nitrogens with one attached hydrogen (secondary N) is 1. The Labute approximate surface area is 118 Å². The SMILES string of the molecule is CC(C)C(=O)CCCCCNC(=O)CCC(C)(C)C. The lowest BCUT2D eigenvalue weighted by Gasteiger charge is -2.17. The average Bonchev–Trinajstić information content (AvgIpc) is 2.29. The van der Waals surface area contributed by atoms with Crippen LogP contribution in [0.4, 0.5) is 0 Å². The first kappa shape index (κ1) is 18.1. The summed E-state index contributed by atoms with van der Waals surface area (Å²) in [5.74, 6) is 0.638. The van der Waals surface area contributed by atoms with Crippen molar-refractivity contribution in [3.63, 3.8) is 0 Å². The minimum atomic E-state index is 0.146. The second-order valence-electron chi connectivity index (χ2n) is 6.84. The molecule has 0 radical (unpaired) electrons. The third-order valence-corrected chi connectivity index (χ3v) is 3.17. The smallest absolute Gasteiger partial charge is 0.220 e. The molecular weight excluding hydrogens is 238 g/mol. The highest BCUT2D eigenvalue weighted by molar-refractivity contribution is 5.80. The Kier molecular flexibility index (Phi) is 8.70. The normalized spacial score (nSPS) is 11.7. The molecule has 0 atom stereocenters. The second kappa shape index (κ2) is 9.11. The molecule has 0 bridgehead atoms. The maximum absolute atomic E-state index is 11.6. The summed E-state index contributed by atoms with van der Waals surface area (Å²) < 4.78 is 0. The topological polar surface area (TPSA) is 46.2 Å². The van der Waals surface area contributed by atoms with Gasteiger partial charge in [-0.3, -0.25) is 9.59 Å². The monoisotopic (exact) mass is 269 g/mol. The van der Waals surface area contributed by atoms with Crippen LogP contribution in [-0.4, -0.2) is 18.2 Å². The number of hydrogen-bond donors (Lipinski definition) is 1. The van der Waals surface area contributed by atoms with Crippen LogP contribution in [0.3, 0.4) is 0 Å². The molecule has 0 saturated carbocycles. The van der Waals surface area contributed by atoms with E-state index in [1.54, 1.807) is 0 Å². The third-order valence-electron chi connectivity index (χ3n) is 3.17. The Morgan fingerprint density at radius 1 is 1.00 bits per heavy atom. The molecule has 3 nitrogen and oxygen atoms in total. The lowest BCUT2D eigenvalue weighted by Crippen LogP contribution is -2.25. The zero-order chi connectivity index (χ0) is 14.9.